The van der Waals surface area contributed by atoms with Crippen molar-refractivity contribution in [2.75, 3.05) is 7.11 Å². The fourth-order valence-corrected chi connectivity index (χ4v) is 1.42. The third-order valence-electron chi connectivity index (χ3n) is 2.06. The average molecular weight is 180 g/mol. The minimum atomic E-state index is 0. The van der Waals surface area contributed by atoms with E-state index >= 15 is 0 Å². The predicted octanol–water partition coefficient (Wildman–Crippen LogP) is -1.07. The molecule has 2 nitrogen and oxygen atoms in total. The molecule has 14 heavy (non-hydrogen) atoms. The maximum Gasteiger partial charge on any atom is 1.00 e. The van der Waals surface area contributed by atoms with E-state index in [-0.39, 0.29) is 24.6 Å². The van der Waals surface area contributed by atoms with E-state index in [9.17, 15) is 5.11 Å². The van der Waals surface area contributed by atoms with Gasteiger partial charge in [0, 0.05) is 5.39 Å². The van der Waals surface area contributed by atoms with Crippen LogP contribution in [0.5, 0.6) is 11.5 Å². The van der Waals surface area contributed by atoms with Crippen molar-refractivity contribution in [1.82, 2.24) is 0 Å². The summed E-state index contributed by atoms with van der Waals surface area (Å²) in [4.78, 5) is 0. The molecular formula is C11H9LiO2. The van der Waals surface area contributed by atoms with Gasteiger partial charge >= 0.3 is 18.9 Å². The zero-order valence-corrected chi connectivity index (χ0v) is 8.28. The van der Waals surface area contributed by atoms with E-state index in [4.69, 9.17) is 4.74 Å². The molecule has 0 aliphatic heterocycles. The van der Waals surface area contributed by atoms with Crippen LogP contribution in [-0.2, 0) is 0 Å². The molecule has 0 aliphatic rings. The van der Waals surface area contributed by atoms with Crippen LogP contribution in [0.1, 0.15) is 0 Å². The summed E-state index contributed by atoms with van der Waals surface area (Å²) < 4.78 is 5.14. The Labute approximate surface area is 94.7 Å². The van der Waals surface area contributed by atoms with Gasteiger partial charge in [0.05, 0.1) is 7.11 Å². The number of ether oxygens (including phenoxy) is 1. The Hall–Kier alpha value is -1.10. The fourth-order valence-electron chi connectivity index (χ4n) is 1.42. The van der Waals surface area contributed by atoms with Crippen molar-refractivity contribution in [2.45, 2.75) is 0 Å². The SMILES string of the molecule is COc1ccc([O-])c2ccccc12.[Li+]. The van der Waals surface area contributed by atoms with Crippen LogP contribution in [0.2, 0.25) is 0 Å². The minimum Gasteiger partial charge on any atom is -0.872 e. The Morgan fingerprint density at radius 1 is 1.00 bits per heavy atom. The summed E-state index contributed by atoms with van der Waals surface area (Å²) >= 11 is 0. The van der Waals surface area contributed by atoms with Crippen molar-refractivity contribution in [1.29, 1.82) is 0 Å². The van der Waals surface area contributed by atoms with Crippen LogP contribution in [0.4, 0.5) is 0 Å². The summed E-state index contributed by atoms with van der Waals surface area (Å²) in [6.45, 7) is 0. The van der Waals surface area contributed by atoms with Gasteiger partial charge in [0.1, 0.15) is 5.75 Å². The third-order valence-corrected chi connectivity index (χ3v) is 2.06. The van der Waals surface area contributed by atoms with Crippen LogP contribution in [0.25, 0.3) is 10.8 Å². The Bertz CT molecular complexity index is 440. The standard InChI is InChI=1S/C11H10O2.Li/c1-13-11-7-6-10(12)8-4-2-3-5-9(8)11;/h2-7,12H,1H3;/q;+1/p-1. The molecule has 0 spiro atoms. The topological polar surface area (TPSA) is 32.3 Å². The monoisotopic (exact) mass is 180 g/mol. The summed E-state index contributed by atoms with van der Waals surface area (Å²) in [5, 5.41) is 13.0. The Morgan fingerprint density at radius 2 is 1.64 bits per heavy atom. The maximum absolute atomic E-state index is 11.4. The van der Waals surface area contributed by atoms with Gasteiger partial charge < -0.3 is 9.84 Å². The maximum atomic E-state index is 11.4. The zero-order valence-electron chi connectivity index (χ0n) is 8.28. The van der Waals surface area contributed by atoms with Crippen molar-refractivity contribution in [3.63, 3.8) is 0 Å². The molecule has 0 saturated carbocycles. The van der Waals surface area contributed by atoms with E-state index in [0.717, 1.165) is 11.1 Å². The van der Waals surface area contributed by atoms with Gasteiger partial charge in [-0.3, -0.25) is 0 Å². The Kier molecular flexibility index (Phi) is 3.46. The van der Waals surface area contributed by atoms with E-state index < -0.39 is 0 Å². The largest absolute Gasteiger partial charge is 1.00 e. The first-order valence-electron chi connectivity index (χ1n) is 4.05. The molecule has 0 atom stereocenters. The van der Waals surface area contributed by atoms with E-state index in [2.05, 4.69) is 0 Å². The normalized spacial score (nSPS) is 9.50. The van der Waals surface area contributed by atoms with Crippen LogP contribution in [-0.4, -0.2) is 7.11 Å². The van der Waals surface area contributed by atoms with Crippen molar-refractivity contribution in [3.8, 4) is 11.5 Å². The molecule has 0 fully saturated rings. The molecule has 0 bridgehead atoms. The number of rotatable bonds is 1. The Balaban J connectivity index is 0.000000980. The predicted molar refractivity (Wildman–Crippen MR) is 49.9 cm³/mol. The van der Waals surface area contributed by atoms with Gasteiger partial charge in [0.2, 0.25) is 0 Å². The summed E-state index contributed by atoms with van der Waals surface area (Å²) in [6.07, 6.45) is 0. The smallest absolute Gasteiger partial charge is 0.872 e. The molecule has 3 heteroatoms. The van der Waals surface area contributed by atoms with E-state index in [1.165, 1.54) is 6.07 Å². The summed E-state index contributed by atoms with van der Waals surface area (Å²) in [6, 6.07) is 10.7. The number of hydrogen-bond acceptors (Lipinski definition) is 2. The van der Waals surface area contributed by atoms with Gasteiger partial charge in [-0.2, -0.15) is 0 Å². The molecular weight excluding hydrogens is 171 g/mol. The second kappa shape index (κ2) is 4.41. The number of benzene rings is 2. The summed E-state index contributed by atoms with van der Waals surface area (Å²) in [5.74, 6) is 0.784. The average Bonchev–Trinajstić information content (AvgIpc) is 2.19. The third kappa shape index (κ3) is 1.72. The van der Waals surface area contributed by atoms with Gasteiger partial charge in [0.25, 0.3) is 0 Å². The second-order valence-electron chi connectivity index (χ2n) is 2.81. The van der Waals surface area contributed by atoms with Gasteiger partial charge in [0.15, 0.2) is 0 Å². The Morgan fingerprint density at radius 3 is 2.29 bits per heavy atom. The van der Waals surface area contributed by atoms with Gasteiger partial charge in [-0.25, -0.2) is 0 Å². The summed E-state index contributed by atoms with van der Waals surface area (Å²) in [5.41, 5.74) is 0. The van der Waals surface area contributed by atoms with Gasteiger partial charge in [-0.1, -0.05) is 30.3 Å². The number of fused-ring (bicyclic) bond motifs is 1. The van der Waals surface area contributed by atoms with Crippen LogP contribution in [0, 0.1) is 0 Å². The first kappa shape index (κ1) is 11.0. The number of methoxy groups -OCH3 is 1. The molecule has 0 amide bonds. The first-order valence-corrected chi connectivity index (χ1v) is 4.05. The summed E-state index contributed by atoms with van der Waals surface area (Å²) in [7, 11) is 1.60. The van der Waals surface area contributed by atoms with Crippen molar-refractivity contribution >= 4 is 10.8 Å². The van der Waals surface area contributed by atoms with Crippen LogP contribution in [0.15, 0.2) is 36.4 Å². The molecule has 0 unspecified atom stereocenters. The second-order valence-corrected chi connectivity index (χ2v) is 2.81. The van der Waals surface area contributed by atoms with Crippen LogP contribution >= 0.6 is 0 Å². The molecule has 0 saturated heterocycles. The molecule has 2 rings (SSSR count). The van der Waals surface area contributed by atoms with Crippen molar-refractivity contribution < 1.29 is 28.7 Å². The van der Waals surface area contributed by atoms with E-state index in [0.29, 0.717) is 5.39 Å². The molecule has 0 heterocycles. The molecule has 0 N–H and O–H groups in total. The van der Waals surface area contributed by atoms with Crippen molar-refractivity contribution in [3.05, 3.63) is 36.4 Å². The van der Waals surface area contributed by atoms with Crippen molar-refractivity contribution in [2.24, 2.45) is 0 Å². The minimum absolute atomic E-state index is 0. The van der Waals surface area contributed by atoms with Gasteiger partial charge in [-0.15, -0.1) is 5.75 Å². The van der Waals surface area contributed by atoms with E-state index in [1.807, 2.05) is 18.2 Å². The number of hydrogen-bond donors (Lipinski definition) is 0. The molecule has 2 aromatic carbocycles. The quantitative estimate of drug-likeness (QED) is 0.523. The molecule has 66 valence electrons. The van der Waals surface area contributed by atoms with E-state index in [1.54, 1.807) is 19.2 Å². The fraction of sp³-hybridized carbons (Fsp3) is 0.0909. The molecule has 0 radical (unpaired) electrons. The molecule has 0 aromatic heterocycles. The van der Waals surface area contributed by atoms with Gasteiger partial charge in [-0.05, 0) is 11.5 Å². The molecule has 0 aliphatic carbocycles. The van der Waals surface area contributed by atoms with Crippen LogP contribution in [0.3, 0.4) is 0 Å². The first-order chi connectivity index (χ1) is 6.33. The zero-order chi connectivity index (χ0) is 9.26. The molecule has 2 aromatic rings. The van der Waals surface area contributed by atoms with Crippen LogP contribution < -0.4 is 28.7 Å².